The molecule has 0 aromatic carbocycles. The van der Waals surface area contributed by atoms with Crippen LogP contribution in [0.2, 0.25) is 0 Å². The van der Waals surface area contributed by atoms with Gasteiger partial charge in [0, 0.05) is 5.57 Å². The minimum absolute atomic E-state index is 0.247. The molecule has 2 atom stereocenters. The summed E-state index contributed by atoms with van der Waals surface area (Å²) in [5.74, 6) is 0.369. The van der Waals surface area contributed by atoms with Crippen molar-refractivity contribution in [2.24, 2.45) is 11.3 Å². The number of allylic oxidation sites excluding steroid dienone is 2. The molecule has 3 heteroatoms. The number of carbonyl (C=O) groups excluding carboxylic acids is 1. The third kappa shape index (κ3) is 2.73. The molecule has 0 saturated heterocycles. The van der Waals surface area contributed by atoms with E-state index in [2.05, 4.69) is 26.8 Å². The van der Waals surface area contributed by atoms with Crippen molar-refractivity contribution >= 4 is 6.29 Å². The molecular formula is C15H22O3. The van der Waals surface area contributed by atoms with Gasteiger partial charge in [-0.2, -0.15) is 0 Å². The van der Waals surface area contributed by atoms with Crippen LogP contribution in [0, 0.1) is 11.3 Å². The van der Waals surface area contributed by atoms with Crippen LogP contribution in [0.5, 0.6) is 0 Å². The lowest BCUT2D eigenvalue weighted by Gasteiger charge is -2.21. The van der Waals surface area contributed by atoms with Crippen molar-refractivity contribution in [2.45, 2.75) is 46.3 Å². The number of aliphatic hydroxyl groups excluding tert-OH is 1. The third-order valence-electron chi connectivity index (χ3n) is 4.01. The van der Waals surface area contributed by atoms with Gasteiger partial charge in [0.1, 0.15) is 6.29 Å². The number of hydrogen-bond donors (Lipinski definition) is 1. The first-order valence-electron chi connectivity index (χ1n) is 6.58. The highest BCUT2D eigenvalue weighted by molar-refractivity contribution is 5.76. The molecule has 1 aliphatic heterocycles. The van der Waals surface area contributed by atoms with Crippen LogP contribution >= 0.6 is 0 Å². The highest BCUT2D eigenvalue weighted by Crippen LogP contribution is 2.41. The lowest BCUT2D eigenvalue weighted by molar-refractivity contribution is -0.105. The van der Waals surface area contributed by atoms with Gasteiger partial charge in [0.2, 0.25) is 0 Å². The van der Waals surface area contributed by atoms with E-state index in [1.807, 2.05) is 0 Å². The minimum Gasteiger partial charge on any atom is -0.364 e. The second-order valence-corrected chi connectivity index (χ2v) is 6.26. The Kier molecular flexibility index (Phi) is 3.74. The monoisotopic (exact) mass is 250 g/mol. The Morgan fingerprint density at radius 1 is 1.61 bits per heavy atom. The summed E-state index contributed by atoms with van der Waals surface area (Å²) in [6, 6.07) is 0. The summed E-state index contributed by atoms with van der Waals surface area (Å²) in [5, 5.41) is 9.73. The molecule has 2 aliphatic rings. The molecule has 18 heavy (non-hydrogen) atoms. The van der Waals surface area contributed by atoms with E-state index < -0.39 is 6.29 Å². The maximum absolute atomic E-state index is 10.9. The van der Waals surface area contributed by atoms with Gasteiger partial charge in [0.05, 0.1) is 6.61 Å². The summed E-state index contributed by atoms with van der Waals surface area (Å²) >= 11 is 0. The fourth-order valence-corrected chi connectivity index (χ4v) is 2.80. The number of rotatable bonds is 4. The topological polar surface area (TPSA) is 46.5 Å². The average Bonchev–Trinajstić information content (AvgIpc) is 2.83. The first kappa shape index (κ1) is 13.5. The number of aliphatic hydroxyl groups is 1. The van der Waals surface area contributed by atoms with Crippen LogP contribution in [0.4, 0.5) is 0 Å². The van der Waals surface area contributed by atoms with Gasteiger partial charge in [-0.1, -0.05) is 32.4 Å². The van der Waals surface area contributed by atoms with Crippen molar-refractivity contribution in [1.29, 1.82) is 0 Å². The predicted octanol–water partition coefficient (Wildman–Crippen LogP) is 2.60. The molecule has 3 nitrogen and oxygen atoms in total. The van der Waals surface area contributed by atoms with Crippen molar-refractivity contribution in [3.8, 4) is 0 Å². The Bertz CT molecular complexity index is 404. The van der Waals surface area contributed by atoms with Gasteiger partial charge in [-0.3, -0.25) is 4.79 Å². The van der Waals surface area contributed by atoms with E-state index in [-0.39, 0.29) is 6.61 Å². The molecule has 0 radical (unpaired) electrons. The van der Waals surface area contributed by atoms with Gasteiger partial charge >= 0.3 is 0 Å². The van der Waals surface area contributed by atoms with Gasteiger partial charge in [-0.25, -0.2) is 0 Å². The van der Waals surface area contributed by atoms with Crippen LogP contribution < -0.4 is 0 Å². The van der Waals surface area contributed by atoms with Crippen molar-refractivity contribution in [1.82, 2.24) is 0 Å². The molecule has 1 unspecified atom stereocenters. The molecule has 0 fully saturated rings. The Hall–Kier alpha value is -0.930. The van der Waals surface area contributed by atoms with Crippen molar-refractivity contribution in [2.75, 3.05) is 6.61 Å². The molecule has 0 bridgehead atoms. The van der Waals surface area contributed by atoms with Gasteiger partial charge in [0.25, 0.3) is 0 Å². The second-order valence-electron chi connectivity index (χ2n) is 6.26. The first-order chi connectivity index (χ1) is 8.43. The standard InChI is InChI=1S/C15H22O3/c1-10(11-4-5-15(2,3)7-11)6-13-12(8-16)9-18-14(13)17/h4,8,10,14,17H,5-7,9H2,1-3H3/t10-,14?/m1/s1. The molecule has 1 heterocycles. The zero-order valence-corrected chi connectivity index (χ0v) is 11.4. The Labute approximate surface area is 109 Å². The van der Waals surface area contributed by atoms with Crippen LogP contribution in [0.25, 0.3) is 0 Å². The molecule has 0 aromatic rings. The highest BCUT2D eigenvalue weighted by Gasteiger charge is 2.30. The van der Waals surface area contributed by atoms with Gasteiger partial charge in [0.15, 0.2) is 6.29 Å². The fourth-order valence-electron chi connectivity index (χ4n) is 2.80. The molecule has 0 amide bonds. The molecule has 100 valence electrons. The molecule has 1 N–H and O–H groups in total. The number of ether oxygens (including phenoxy) is 1. The molecular weight excluding hydrogens is 228 g/mol. The quantitative estimate of drug-likeness (QED) is 0.616. The molecule has 0 aromatic heterocycles. The second kappa shape index (κ2) is 4.98. The largest absolute Gasteiger partial charge is 0.364 e. The summed E-state index contributed by atoms with van der Waals surface area (Å²) in [5.41, 5.74) is 3.18. The minimum atomic E-state index is -0.886. The highest BCUT2D eigenvalue weighted by atomic mass is 16.6. The lowest BCUT2D eigenvalue weighted by Crippen LogP contribution is -2.13. The zero-order chi connectivity index (χ0) is 13.3. The summed E-state index contributed by atoms with van der Waals surface area (Å²) in [6.07, 6.45) is 5.18. The van der Waals surface area contributed by atoms with E-state index in [9.17, 15) is 9.90 Å². The molecule has 2 rings (SSSR count). The lowest BCUT2D eigenvalue weighted by atomic mass is 9.85. The average molecular weight is 250 g/mol. The van der Waals surface area contributed by atoms with Crippen molar-refractivity contribution in [3.63, 3.8) is 0 Å². The van der Waals surface area contributed by atoms with Crippen LogP contribution in [0.1, 0.15) is 40.0 Å². The molecule has 0 spiro atoms. The fraction of sp³-hybridized carbons (Fsp3) is 0.667. The Morgan fingerprint density at radius 2 is 2.33 bits per heavy atom. The van der Waals surface area contributed by atoms with Gasteiger partial charge in [-0.05, 0) is 36.2 Å². The van der Waals surface area contributed by atoms with E-state index >= 15 is 0 Å². The summed E-state index contributed by atoms with van der Waals surface area (Å²) in [6.45, 7) is 6.95. The summed E-state index contributed by atoms with van der Waals surface area (Å²) in [4.78, 5) is 10.9. The van der Waals surface area contributed by atoms with E-state index in [4.69, 9.17) is 4.74 Å². The van der Waals surface area contributed by atoms with Crippen LogP contribution in [0.15, 0.2) is 22.8 Å². The molecule has 0 saturated carbocycles. The smallest absolute Gasteiger partial charge is 0.178 e. The van der Waals surface area contributed by atoms with Crippen LogP contribution in [0.3, 0.4) is 0 Å². The Morgan fingerprint density at radius 3 is 2.89 bits per heavy atom. The third-order valence-corrected chi connectivity index (χ3v) is 4.01. The molecule has 1 aliphatic carbocycles. The maximum atomic E-state index is 10.9. The maximum Gasteiger partial charge on any atom is 0.178 e. The van der Waals surface area contributed by atoms with E-state index in [1.165, 1.54) is 5.57 Å². The predicted molar refractivity (Wildman–Crippen MR) is 69.9 cm³/mol. The van der Waals surface area contributed by atoms with Crippen LogP contribution in [-0.2, 0) is 9.53 Å². The summed E-state index contributed by atoms with van der Waals surface area (Å²) in [7, 11) is 0. The van der Waals surface area contributed by atoms with Crippen molar-refractivity contribution in [3.05, 3.63) is 22.8 Å². The normalized spacial score (nSPS) is 28.4. The van der Waals surface area contributed by atoms with Gasteiger partial charge < -0.3 is 9.84 Å². The zero-order valence-electron chi connectivity index (χ0n) is 11.4. The first-order valence-corrected chi connectivity index (χ1v) is 6.58. The SMILES string of the molecule is C[C@H](CC1=C(C=O)COC1O)C1=CCC(C)(C)C1. The van der Waals surface area contributed by atoms with E-state index in [0.717, 1.165) is 31.1 Å². The van der Waals surface area contributed by atoms with Crippen molar-refractivity contribution < 1.29 is 14.6 Å². The van der Waals surface area contributed by atoms with Gasteiger partial charge in [-0.15, -0.1) is 0 Å². The number of hydrogen-bond acceptors (Lipinski definition) is 3. The number of carbonyl (C=O) groups is 1. The van der Waals surface area contributed by atoms with Crippen LogP contribution in [-0.4, -0.2) is 24.3 Å². The van der Waals surface area contributed by atoms with E-state index in [0.29, 0.717) is 16.9 Å². The number of aldehydes is 1. The van der Waals surface area contributed by atoms with E-state index in [1.54, 1.807) is 0 Å². The Balaban J connectivity index is 2.04. The summed E-state index contributed by atoms with van der Waals surface area (Å²) < 4.78 is 5.10.